The highest BCUT2D eigenvalue weighted by Crippen LogP contribution is 2.19. The number of hydrogen-bond donors (Lipinski definition) is 3. The maximum absolute atomic E-state index is 11.8. The van der Waals surface area contributed by atoms with Gasteiger partial charge in [-0.05, 0) is 59.8 Å². The molecular formula is C18H34N4O2. The number of nitrogens with zero attached hydrogens (tertiary/aromatic N) is 1. The Balaban J connectivity index is 2.28. The zero-order chi connectivity index (χ0) is 18.0. The number of allylic oxidation sites excluding steroid dienone is 1. The van der Waals surface area contributed by atoms with Gasteiger partial charge in [-0.15, -0.1) is 0 Å². The SMILES string of the molecule is C/C=C/CCNC(=NC)NC1CCC(NC(=O)OC(C)(C)C)CC1. The van der Waals surface area contributed by atoms with Gasteiger partial charge < -0.3 is 20.7 Å². The lowest BCUT2D eigenvalue weighted by atomic mass is 9.91. The van der Waals surface area contributed by atoms with Crippen molar-refractivity contribution in [1.82, 2.24) is 16.0 Å². The molecule has 24 heavy (non-hydrogen) atoms. The Morgan fingerprint density at radius 2 is 1.75 bits per heavy atom. The average molecular weight is 338 g/mol. The molecule has 3 N–H and O–H groups in total. The summed E-state index contributed by atoms with van der Waals surface area (Å²) in [5.74, 6) is 0.850. The van der Waals surface area contributed by atoms with Crippen LogP contribution in [0.25, 0.3) is 0 Å². The molecule has 1 amide bonds. The molecule has 1 aliphatic carbocycles. The Kier molecular flexibility index (Phi) is 8.65. The highest BCUT2D eigenvalue weighted by atomic mass is 16.6. The zero-order valence-corrected chi connectivity index (χ0v) is 15.8. The predicted molar refractivity (Wildman–Crippen MR) is 99.3 cm³/mol. The smallest absolute Gasteiger partial charge is 0.407 e. The molecule has 1 aliphatic rings. The number of aliphatic imine (C=N–C) groups is 1. The van der Waals surface area contributed by atoms with Crippen molar-refractivity contribution in [3.63, 3.8) is 0 Å². The Labute approximate surface area is 146 Å². The number of ether oxygens (including phenoxy) is 1. The first kappa shape index (κ1) is 20.3. The van der Waals surface area contributed by atoms with Crippen LogP contribution in [-0.2, 0) is 4.74 Å². The third kappa shape index (κ3) is 8.79. The number of guanidine groups is 1. The molecule has 0 spiro atoms. The van der Waals surface area contributed by atoms with Gasteiger partial charge in [0.2, 0.25) is 0 Å². The molecule has 0 atom stereocenters. The van der Waals surface area contributed by atoms with Crippen molar-refractivity contribution in [2.45, 2.75) is 77.5 Å². The van der Waals surface area contributed by atoms with Crippen molar-refractivity contribution >= 4 is 12.1 Å². The van der Waals surface area contributed by atoms with Gasteiger partial charge in [-0.1, -0.05) is 12.2 Å². The van der Waals surface area contributed by atoms with Gasteiger partial charge in [0.25, 0.3) is 0 Å². The van der Waals surface area contributed by atoms with E-state index in [0.29, 0.717) is 6.04 Å². The second kappa shape index (κ2) is 10.2. The van der Waals surface area contributed by atoms with Crippen LogP contribution in [-0.4, -0.2) is 43.3 Å². The Morgan fingerprint density at radius 1 is 1.17 bits per heavy atom. The topological polar surface area (TPSA) is 74.8 Å². The summed E-state index contributed by atoms with van der Waals surface area (Å²) >= 11 is 0. The average Bonchev–Trinajstić information content (AvgIpc) is 2.50. The third-order valence-electron chi connectivity index (χ3n) is 3.85. The van der Waals surface area contributed by atoms with Crippen LogP contribution in [0.1, 0.15) is 59.8 Å². The van der Waals surface area contributed by atoms with Crippen LogP contribution in [0.2, 0.25) is 0 Å². The lowest BCUT2D eigenvalue weighted by molar-refractivity contribution is 0.0490. The molecule has 0 bridgehead atoms. The van der Waals surface area contributed by atoms with Crippen molar-refractivity contribution in [2.24, 2.45) is 4.99 Å². The third-order valence-corrected chi connectivity index (χ3v) is 3.85. The molecule has 0 saturated heterocycles. The quantitative estimate of drug-likeness (QED) is 0.312. The summed E-state index contributed by atoms with van der Waals surface area (Å²) in [7, 11) is 1.79. The Hall–Kier alpha value is -1.72. The van der Waals surface area contributed by atoms with E-state index in [4.69, 9.17) is 4.74 Å². The first-order chi connectivity index (χ1) is 11.3. The van der Waals surface area contributed by atoms with E-state index < -0.39 is 5.60 Å². The van der Waals surface area contributed by atoms with Crippen LogP contribution in [0.15, 0.2) is 17.1 Å². The van der Waals surface area contributed by atoms with E-state index in [1.165, 1.54) is 0 Å². The van der Waals surface area contributed by atoms with Crippen LogP contribution in [0.3, 0.4) is 0 Å². The molecule has 0 heterocycles. The van der Waals surface area contributed by atoms with Gasteiger partial charge in [0.05, 0.1) is 0 Å². The van der Waals surface area contributed by atoms with Gasteiger partial charge in [-0.25, -0.2) is 4.79 Å². The number of carbonyl (C=O) groups is 1. The van der Waals surface area contributed by atoms with E-state index in [1.807, 2.05) is 27.7 Å². The first-order valence-electron chi connectivity index (χ1n) is 8.92. The summed E-state index contributed by atoms with van der Waals surface area (Å²) in [5, 5.41) is 9.75. The minimum Gasteiger partial charge on any atom is -0.444 e. The highest BCUT2D eigenvalue weighted by Gasteiger charge is 2.25. The molecular weight excluding hydrogens is 304 g/mol. The van der Waals surface area contributed by atoms with Crippen LogP contribution in [0.4, 0.5) is 4.79 Å². The molecule has 0 aliphatic heterocycles. The van der Waals surface area contributed by atoms with Crippen molar-refractivity contribution in [1.29, 1.82) is 0 Å². The van der Waals surface area contributed by atoms with Crippen molar-refractivity contribution in [2.75, 3.05) is 13.6 Å². The van der Waals surface area contributed by atoms with Crippen LogP contribution in [0.5, 0.6) is 0 Å². The van der Waals surface area contributed by atoms with E-state index in [-0.39, 0.29) is 12.1 Å². The molecule has 1 fully saturated rings. The molecule has 0 aromatic carbocycles. The lowest BCUT2D eigenvalue weighted by Crippen LogP contribution is -2.48. The number of hydrogen-bond acceptors (Lipinski definition) is 3. The van der Waals surface area contributed by atoms with Gasteiger partial charge in [-0.2, -0.15) is 0 Å². The fraction of sp³-hybridized carbons (Fsp3) is 0.778. The summed E-state index contributed by atoms with van der Waals surface area (Å²) in [4.78, 5) is 16.1. The first-order valence-corrected chi connectivity index (χ1v) is 8.92. The Bertz CT molecular complexity index is 433. The molecule has 138 valence electrons. The molecule has 0 radical (unpaired) electrons. The molecule has 1 saturated carbocycles. The zero-order valence-electron chi connectivity index (χ0n) is 15.8. The van der Waals surface area contributed by atoms with Crippen molar-refractivity contribution in [3.05, 3.63) is 12.2 Å². The van der Waals surface area contributed by atoms with E-state index in [0.717, 1.165) is 44.6 Å². The van der Waals surface area contributed by atoms with Crippen molar-refractivity contribution in [3.8, 4) is 0 Å². The monoisotopic (exact) mass is 338 g/mol. The van der Waals surface area contributed by atoms with Gasteiger partial charge in [0.1, 0.15) is 5.60 Å². The summed E-state index contributed by atoms with van der Waals surface area (Å²) in [6.07, 6.45) is 8.78. The van der Waals surface area contributed by atoms with E-state index in [2.05, 4.69) is 33.1 Å². The van der Waals surface area contributed by atoms with E-state index >= 15 is 0 Å². The fourth-order valence-corrected chi connectivity index (χ4v) is 2.68. The molecule has 6 nitrogen and oxygen atoms in total. The molecule has 1 rings (SSSR count). The minimum absolute atomic E-state index is 0.197. The molecule has 0 aromatic heterocycles. The summed E-state index contributed by atoms with van der Waals surface area (Å²) in [5.41, 5.74) is -0.450. The second-order valence-electron chi connectivity index (χ2n) is 7.20. The number of carbonyl (C=O) groups excluding carboxylic acids is 1. The fourth-order valence-electron chi connectivity index (χ4n) is 2.68. The van der Waals surface area contributed by atoms with Crippen LogP contribution >= 0.6 is 0 Å². The summed E-state index contributed by atoms with van der Waals surface area (Å²) < 4.78 is 5.31. The lowest BCUT2D eigenvalue weighted by Gasteiger charge is -2.31. The van der Waals surface area contributed by atoms with Crippen LogP contribution < -0.4 is 16.0 Å². The maximum Gasteiger partial charge on any atom is 0.407 e. The summed E-state index contributed by atoms with van der Waals surface area (Å²) in [6, 6.07) is 0.595. The van der Waals surface area contributed by atoms with Gasteiger partial charge in [-0.3, -0.25) is 4.99 Å². The van der Waals surface area contributed by atoms with E-state index in [9.17, 15) is 4.79 Å². The number of amides is 1. The molecule has 6 heteroatoms. The number of alkyl carbamates (subject to hydrolysis) is 1. The van der Waals surface area contributed by atoms with Gasteiger partial charge >= 0.3 is 6.09 Å². The number of nitrogens with one attached hydrogen (secondary N) is 3. The largest absolute Gasteiger partial charge is 0.444 e. The maximum atomic E-state index is 11.8. The predicted octanol–water partition coefficient (Wildman–Crippen LogP) is 2.95. The summed E-state index contributed by atoms with van der Waals surface area (Å²) in [6.45, 7) is 8.53. The Morgan fingerprint density at radius 3 is 2.25 bits per heavy atom. The normalized spacial score (nSPS) is 22.3. The number of rotatable bonds is 5. The standard InChI is InChI=1S/C18H34N4O2/c1-6-7-8-13-20-16(19-5)21-14-9-11-15(12-10-14)22-17(23)24-18(2,3)4/h6-7,14-15H,8-13H2,1-5H3,(H,22,23)(H2,19,20,21)/b7-6+. The molecule has 0 unspecified atom stereocenters. The highest BCUT2D eigenvalue weighted by molar-refractivity contribution is 5.79. The second-order valence-corrected chi connectivity index (χ2v) is 7.20. The van der Waals surface area contributed by atoms with Gasteiger partial charge in [0.15, 0.2) is 5.96 Å². The van der Waals surface area contributed by atoms with Crippen LogP contribution in [0, 0.1) is 0 Å². The van der Waals surface area contributed by atoms with Gasteiger partial charge in [0, 0.05) is 25.7 Å². The minimum atomic E-state index is -0.450. The van der Waals surface area contributed by atoms with E-state index in [1.54, 1.807) is 7.05 Å². The van der Waals surface area contributed by atoms with Crippen molar-refractivity contribution < 1.29 is 9.53 Å². The molecule has 0 aromatic rings.